The van der Waals surface area contributed by atoms with Crippen molar-refractivity contribution in [3.63, 3.8) is 0 Å². The summed E-state index contributed by atoms with van der Waals surface area (Å²) in [7, 11) is 0. The second kappa shape index (κ2) is 2.30. The molecule has 0 radical (unpaired) electrons. The third-order valence-corrected chi connectivity index (χ3v) is 1.48. The fourth-order valence-corrected chi connectivity index (χ4v) is 0.878. The quantitative estimate of drug-likeness (QED) is 0.485. The second-order valence-electron chi connectivity index (χ2n) is 3.36. The lowest BCUT2D eigenvalue weighted by Crippen LogP contribution is -2.38. The van der Waals surface area contributed by atoms with Crippen LogP contribution in [-0.4, -0.2) is 23.5 Å². The third kappa shape index (κ3) is 1.68. The molecule has 0 amide bonds. The zero-order valence-corrected chi connectivity index (χ0v) is 6.36. The Labute approximate surface area is 63.7 Å². The van der Waals surface area contributed by atoms with Crippen molar-refractivity contribution in [1.82, 2.24) is 4.90 Å². The molecular formula is C8H17N. The Balaban J connectivity index is 2.95. The van der Waals surface area contributed by atoms with E-state index in [4.69, 9.17) is 5.48 Å². The first-order valence-electron chi connectivity index (χ1n) is 5.37. The van der Waals surface area contributed by atoms with Gasteiger partial charge in [0, 0.05) is 11.0 Å². The molecule has 0 aliphatic carbocycles. The van der Waals surface area contributed by atoms with Crippen molar-refractivity contribution in [2.75, 3.05) is 13.0 Å². The maximum absolute atomic E-state index is 7.72. The molecule has 0 saturated carbocycles. The standard InChI is InChI=1S/C8H17N/c1-8(2,3)9-6-4-5-7-9/h4-7H2,1-3H3/i4D2,6D2. The lowest BCUT2D eigenvalue weighted by molar-refractivity contribution is 0.175. The summed E-state index contributed by atoms with van der Waals surface area (Å²) in [6.45, 7) is 4.37. The molecule has 1 aliphatic rings. The number of hydrogen-bond acceptors (Lipinski definition) is 1. The van der Waals surface area contributed by atoms with Crippen molar-refractivity contribution in [2.45, 2.75) is 39.1 Å². The highest BCUT2D eigenvalue weighted by Gasteiger charge is 2.23. The molecule has 1 heteroatoms. The molecule has 0 aromatic heterocycles. The van der Waals surface area contributed by atoms with E-state index < -0.39 is 12.9 Å². The summed E-state index contributed by atoms with van der Waals surface area (Å²) in [6, 6.07) is 0. The molecular weight excluding hydrogens is 110 g/mol. The Morgan fingerprint density at radius 2 is 2.11 bits per heavy atom. The highest BCUT2D eigenvalue weighted by molar-refractivity contribution is 4.79. The van der Waals surface area contributed by atoms with Crippen LogP contribution < -0.4 is 0 Å². The van der Waals surface area contributed by atoms with Crippen LogP contribution in [0, 0.1) is 0 Å². The van der Waals surface area contributed by atoms with Gasteiger partial charge in [0.05, 0.1) is 0 Å². The summed E-state index contributed by atoms with van der Waals surface area (Å²) in [4.78, 5) is 1.60. The van der Waals surface area contributed by atoms with Crippen LogP contribution in [0.4, 0.5) is 0 Å². The summed E-state index contributed by atoms with van der Waals surface area (Å²) in [5, 5.41) is 0. The van der Waals surface area contributed by atoms with E-state index in [0.717, 1.165) is 0 Å². The van der Waals surface area contributed by atoms with Crippen molar-refractivity contribution in [3.8, 4) is 0 Å². The first kappa shape index (κ1) is 3.38. The van der Waals surface area contributed by atoms with Gasteiger partial charge in [0.15, 0.2) is 0 Å². The van der Waals surface area contributed by atoms with Crippen LogP contribution in [0.15, 0.2) is 0 Å². The highest BCUT2D eigenvalue weighted by Crippen LogP contribution is 2.19. The van der Waals surface area contributed by atoms with E-state index in [1.54, 1.807) is 4.90 Å². The van der Waals surface area contributed by atoms with Crippen molar-refractivity contribution in [3.05, 3.63) is 0 Å². The van der Waals surface area contributed by atoms with Gasteiger partial charge in [-0.15, -0.1) is 0 Å². The molecule has 9 heavy (non-hydrogen) atoms. The van der Waals surface area contributed by atoms with Crippen molar-refractivity contribution in [1.29, 1.82) is 0 Å². The lowest BCUT2D eigenvalue weighted by Gasteiger charge is -2.31. The van der Waals surface area contributed by atoms with E-state index in [1.165, 1.54) is 0 Å². The van der Waals surface area contributed by atoms with Gasteiger partial charge in [0.2, 0.25) is 0 Å². The molecule has 1 fully saturated rings. The van der Waals surface area contributed by atoms with Crippen molar-refractivity contribution >= 4 is 0 Å². The highest BCUT2D eigenvalue weighted by atomic mass is 15.2. The van der Waals surface area contributed by atoms with Crippen molar-refractivity contribution < 1.29 is 5.48 Å². The predicted octanol–water partition coefficient (Wildman–Crippen LogP) is 1.88. The van der Waals surface area contributed by atoms with E-state index in [9.17, 15) is 0 Å². The first-order valence-corrected chi connectivity index (χ1v) is 3.37. The van der Waals surface area contributed by atoms with Gasteiger partial charge in [-0.25, -0.2) is 0 Å². The van der Waals surface area contributed by atoms with Gasteiger partial charge in [0.25, 0.3) is 0 Å². The van der Waals surface area contributed by atoms with Crippen LogP contribution in [0.5, 0.6) is 0 Å². The zero-order chi connectivity index (χ0) is 10.5. The first-order chi connectivity index (χ1) is 5.59. The summed E-state index contributed by atoms with van der Waals surface area (Å²) in [5.41, 5.74) is -0.312. The normalized spacial score (nSPS) is 40.8. The van der Waals surface area contributed by atoms with Gasteiger partial charge >= 0.3 is 0 Å². The molecule has 1 rings (SSSR count). The van der Waals surface area contributed by atoms with E-state index in [-0.39, 0.29) is 12.0 Å². The lowest BCUT2D eigenvalue weighted by atomic mass is 10.1. The summed E-state index contributed by atoms with van der Waals surface area (Å²) < 4.78 is 30.5. The van der Waals surface area contributed by atoms with E-state index in [1.807, 2.05) is 20.8 Å². The van der Waals surface area contributed by atoms with Crippen LogP contribution >= 0.6 is 0 Å². The Bertz CT molecular complexity index is 207. The van der Waals surface area contributed by atoms with E-state index in [2.05, 4.69) is 0 Å². The molecule has 0 unspecified atom stereocenters. The smallest absolute Gasteiger partial charge is 0.0431 e. The molecule has 0 aromatic carbocycles. The monoisotopic (exact) mass is 131 g/mol. The van der Waals surface area contributed by atoms with Crippen LogP contribution in [0.2, 0.25) is 0 Å². The molecule has 0 atom stereocenters. The number of rotatable bonds is 0. The number of nitrogens with zero attached hydrogens (tertiary/aromatic N) is 1. The largest absolute Gasteiger partial charge is 0.298 e. The molecule has 1 aliphatic heterocycles. The van der Waals surface area contributed by atoms with Crippen LogP contribution in [0.25, 0.3) is 0 Å². The molecule has 0 N–H and O–H groups in total. The molecule has 1 nitrogen and oxygen atoms in total. The maximum Gasteiger partial charge on any atom is 0.0431 e. The Hall–Kier alpha value is -0.0400. The van der Waals surface area contributed by atoms with Crippen molar-refractivity contribution in [2.24, 2.45) is 0 Å². The fourth-order valence-electron chi connectivity index (χ4n) is 0.878. The van der Waals surface area contributed by atoms with E-state index >= 15 is 0 Å². The van der Waals surface area contributed by atoms with Gasteiger partial charge in [-0.05, 0) is 46.6 Å². The van der Waals surface area contributed by atoms with Crippen LogP contribution in [0.1, 0.15) is 39.0 Å². The summed E-state index contributed by atoms with van der Waals surface area (Å²) >= 11 is 0. The molecule has 0 spiro atoms. The Morgan fingerprint density at radius 3 is 2.33 bits per heavy atom. The molecule has 0 bridgehead atoms. The van der Waals surface area contributed by atoms with Gasteiger partial charge in [-0.1, -0.05) is 0 Å². The number of likely N-dealkylation sites (tertiary alicyclic amines) is 1. The molecule has 54 valence electrons. The van der Waals surface area contributed by atoms with Gasteiger partial charge < -0.3 is 0 Å². The minimum Gasteiger partial charge on any atom is -0.298 e. The molecule has 0 aromatic rings. The molecule has 1 saturated heterocycles. The topological polar surface area (TPSA) is 3.24 Å². The predicted molar refractivity (Wildman–Crippen MR) is 40.6 cm³/mol. The number of hydrogen-bond donors (Lipinski definition) is 0. The van der Waals surface area contributed by atoms with Gasteiger partial charge in [-0.3, -0.25) is 4.90 Å². The third-order valence-electron chi connectivity index (χ3n) is 1.48. The van der Waals surface area contributed by atoms with Gasteiger partial charge in [0.1, 0.15) is 0 Å². The van der Waals surface area contributed by atoms with Crippen LogP contribution in [-0.2, 0) is 0 Å². The van der Waals surface area contributed by atoms with Crippen LogP contribution in [0.3, 0.4) is 0 Å². The maximum atomic E-state index is 7.72. The average Bonchev–Trinajstić information content (AvgIpc) is 2.00. The average molecular weight is 131 g/mol. The fraction of sp³-hybridized carbons (Fsp3) is 1.00. The minimum atomic E-state index is -1.84. The Kier molecular flexibility index (Phi) is 0.862. The van der Waals surface area contributed by atoms with Gasteiger partial charge in [-0.2, -0.15) is 0 Å². The van der Waals surface area contributed by atoms with E-state index in [0.29, 0.717) is 6.54 Å². The zero-order valence-electron chi connectivity index (χ0n) is 10.4. The summed E-state index contributed by atoms with van der Waals surface area (Å²) in [5.74, 6) is 0. The Morgan fingerprint density at radius 1 is 1.44 bits per heavy atom. The molecule has 1 heterocycles. The minimum absolute atomic E-state index is 0.275. The summed E-state index contributed by atoms with van der Waals surface area (Å²) in [6.07, 6.45) is -1.45. The second-order valence-corrected chi connectivity index (χ2v) is 3.36. The SMILES string of the molecule is [2H]C1([2H])CCN(C(C)(C)C)C1([2H])[2H].